The number of hydrogen-bond acceptors (Lipinski definition) is 3. The molecule has 24 heavy (non-hydrogen) atoms. The summed E-state index contributed by atoms with van der Waals surface area (Å²) in [5, 5.41) is 4.53. The van der Waals surface area contributed by atoms with E-state index in [0.29, 0.717) is 0 Å². The molecular formula is C20H13O3S-. The minimum Gasteiger partial charge on any atom is -0.744 e. The van der Waals surface area contributed by atoms with Crippen LogP contribution in [0.25, 0.3) is 32.7 Å². The molecule has 0 heterocycles. The van der Waals surface area contributed by atoms with Gasteiger partial charge in [0.25, 0.3) is 0 Å². The molecule has 4 rings (SSSR count). The number of hydrogen-bond donors (Lipinski definition) is 0. The Balaban J connectivity index is 2.02. The molecule has 0 N–H and O–H groups in total. The van der Waals surface area contributed by atoms with Crippen molar-refractivity contribution in [2.45, 2.75) is 4.90 Å². The molecule has 0 fully saturated rings. The summed E-state index contributed by atoms with van der Waals surface area (Å²) in [5.41, 5.74) is 1.89. The van der Waals surface area contributed by atoms with Crippen LogP contribution in [-0.2, 0) is 10.1 Å². The third-order valence-corrected chi connectivity index (χ3v) is 5.07. The van der Waals surface area contributed by atoms with Gasteiger partial charge in [0.1, 0.15) is 10.1 Å². The van der Waals surface area contributed by atoms with E-state index in [2.05, 4.69) is 30.3 Å². The van der Waals surface area contributed by atoms with Gasteiger partial charge in [0.2, 0.25) is 0 Å². The van der Waals surface area contributed by atoms with Crippen LogP contribution in [-0.4, -0.2) is 13.0 Å². The van der Waals surface area contributed by atoms with Crippen LogP contribution in [0.15, 0.2) is 83.8 Å². The Morgan fingerprint density at radius 3 is 1.92 bits per heavy atom. The molecule has 0 atom stereocenters. The molecule has 3 nitrogen and oxygen atoms in total. The SMILES string of the molecule is O=S(=O)([O-])c1ccc(-c2cc3ccccc3c3ccccc23)cc1. The highest BCUT2D eigenvalue weighted by atomic mass is 32.2. The average Bonchev–Trinajstić information content (AvgIpc) is 2.60. The molecule has 0 unspecified atom stereocenters. The molecule has 0 radical (unpaired) electrons. The van der Waals surface area contributed by atoms with E-state index in [0.717, 1.165) is 27.3 Å². The summed E-state index contributed by atoms with van der Waals surface area (Å²) < 4.78 is 33.3. The molecular weight excluding hydrogens is 320 g/mol. The van der Waals surface area contributed by atoms with E-state index in [-0.39, 0.29) is 4.90 Å². The predicted octanol–water partition coefficient (Wildman–Crippen LogP) is 4.56. The van der Waals surface area contributed by atoms with Crippen LogP contribution in [0.4, 0.5) is 0 Å². The molecule has 0 aromatic heterocycles. The van der Waals surface area contributed by atoms with Gasteiger partial charge in [0, 0.05) is 0 Å². The van der Waals surface area contributed by atoms with Gasteiger partial charge in [-0.1, -0.05) is 60.7 Å². The topological polar surface area (TPSA) is 57.2 Å². The lowest BCUT2D eigenvalue weighted by atomic mass is 9.93. The first-order chi connectivity index (χ1) is 11.5. The molecule has 0 amide bonds. The highest BCUT2D eigenvalue weighted by molar-refractivity contribution is 7.85. The van der Waals surface area contributed by atoms with Crippen molar-refractivity contribution in [3.8, 4) is 11.1 Å². The van der Waals surface area contributed by atoms with Crippen molar-refractivity contribution in [3.05, 3.63) is 78.9 Å². The normalized spacial score (nSPS) is 11.9. The molecule has 0 saturated heterocycles. The van der Waals surface area contributed by atoms with E-state index < -0.39 is 10.1 Å². The zero-order chi connectivity index (χ0) is 16.7. The summed E-state index contributed by atoms with van der Waals surface area (Å²) in [6, 6.07) is 24.5. The zero-order valence-corrected chi connectivity index (χ0v) is 13.5. The van der Waals surface area contributed by atoms with E-state index >= 15 is 0 Å². The second kappa shape index (κ2) is 5.44. The summed E-state index contributed by atoms with van der Waals surface area (Å²) in [6.07, 6.45) is 0. The van der Waals surface area contributed by atoms with Crippen LogP contribution in [0.1, 0.15) is 0 Å². The van der Waals surface area contributed by atoms with E-state index in [9.17, 15) is 13.0 Å². The van der Waals surface area contributed by atoms with Crippen molar-refractivity contribution in [1.29, 1.82) is 0 Å². The van der Waals surface area contributed by atoms with E-state index in [1.165, 1.54) is 17.5 Å². The fraction of sp³-hybridized carbons (Fsp3) is 0. The van der Waals surface area contributed by atoms with Crippen molar-refractivity contribution in [3.63, 3.8) is 0 Å². The monoisotopic (exact) mass is 333 g/mol. The summed E-state index contributed by atoms with van der Waals surface area (Å²) in [5.74, 6) is 0. The van der Waals surface area contributed by atoms with Crippen LogP contribution >= 0.6 is 0 Å². The lowest BCUT2D eigenvalue weighted by molar-refractivity contribution is 0.463. The fourth-order valence-electron chi connectivity index (χ4n) is 3.09. The van der Waals surface area contributed by atoms with Gasteiger partial charge in [-0.15, -0.1) is 0 Å². The Morgan fingerprint density at radius 2 is 1.25 bits per heavy atom. The molecule has 0 bridgehead atoms. The van der Waals surface area contributed by atoms with Crippen molar-refractivity contribution in [2.75, 3.05) is 0 Å². The first-order valence-electron chi connectivity index (χ1n) is 7.51. The van der Waals surface area contributed by atoms with Gasteiger partial charge in [0.15, 0.2) is 0 Å². The van der Waals surface area contributed by atoms with Gasteiger partial charge in [-0.05, 0) is 50.9 Å². The van der Waals surface area contributed by atoms with Crippen LogP contribution in [0.2, 0.25) is 0 Å². The maximum atomic E-state index is 11.1. The van der Waals surface area contributed by atoms with Crippen LogP contribution in [0.3, 0.4) is 0 Å². The number of fused-ring (bicyclic) bond motifs is 3. The quantitative estimate of drug-likeness (QED) is 0.399. The third-order valence-electron chi connectivity index (χ3n) is 4.22. The molecule has 0 spiro atoms. The lowest BCUT2D eigenvalue weighted by Crippen LogP contribution is -1.97. The first-order valence-corrected chi connectivity index (χ1v) is 8.92. The molecule has 4 aromatic rings. The standard InChI is InChI=1S/C20H14O3S/c21-24(22,23)16-11-9-14(10-12-16)20-13-15-5-1-2-6-17(15)18-7-3-4-8-19(18)20/h1-13H,(H,21,22,23)/p-1. The smallest absolute Gasteiger partial charge is 0.124 e. The van der Waals surface area contributed by atoms with Gasteiger partial charge in [-0.25, -0.2) is 8.42 Å². The molecule has 4 heteroatoms. The van der Waals surface area contributed by atoms with E-state index in [4.69, 9.17) is 0 Å². The fourth-order valence-corrected chi connectivity index (χ4v) is 3.56. The highest BCUT2D eigenvalue weighted by Crippen LogP contribution is 2.35. The van der Waals surface area contributed by atoms with Crippen molar-refractivity contribution < 1.29 is 13.0 Å². The first kappa shape index (κ1) is 14.9. The maximum absolute atomic E-state index is 11.1. The third kappa shape index (κ3) is 2.46. The van der Waals surface area contributed by atoms with E-state index in [1.54, 1.807) is 12.1 Å². The van der Waals surface area contributed by atoms with Crippen molar-refractivity contribution in [2.24, 2.45) is 0 Å². The Bertz CT molecular complexity index is 1160. The van der Waals surface area contributed by atoms with E-state index in [1.807, 2.05) is 24.3 Å². The largest absolute Gasteiger partial charge is 0.744 e. The Kier molecular flexibility index (Phi) is 3.37. The van der Waals surface area contributed by atoms with Crippen LogP contribution < -0.4 is 0 Å². The number of rotatable bonds is 2. The lowest BCUT2D eigenvalue weighted by Gasteiger charge is -2.12. The van der Waals surface area contributed by atoms with Crippen molar-refractivity contribution >= 4 is 31.7 Å². The Labute approximate surface area is 139 Å². The van der Waals surface area contributed by atoms with Gasteiger partial charge in [-0.3, -0.25) is 0 Å². The molecule has 118 valence electrons. The summed E-state index contributed by atoms with van der Waals surface area (Å²) in [7, 11) is -4.43. The minimum atomic E-state index is -4.43. The summed E-state index contributed by atoms with van der Waals surface area (Å²) in [6.45, 7) is 0. The second-order valence-corrected chi connectivity index (χ2v) is 7.05. The Morgan fingerprint density at radius 1 is 0.667 bits per heavy atom. The molecule has 0 aliphatic carbocycles. The molecule has 0 saturated carbocycles. The van der Waals surface area contributed by atoms with Crippen LogP contribution in [0, 0.1) is 0 Å². The Hall–Kier alpha value is -2.69. The zero-order valence-electron chi connectivity index (χ0n) is 12.6. The van der Waals surface area contributed by atoms with Gasteiger partial charge < -0.3 is 4.55 Å². The minimum absolute atomic E-state index is 0.212. The second-order valence-electron chi connectivity index (χ2n) is 5.67. The molecule has 4 aromatic carbocycles. The van der Waals surface area contributed by atoms with Gasteiger partial charge in [0.05, 0.1) is 4.90 Å². The van der Waals surface area contributed by atoms with Gasteiger partial charge in [-0.2, -0.15) is 0 Å². The number of benzene rings is 4. The maximum Gasteiger partial charge on any atom is 0.124 e. The molecule has 0 aliphatic heterocycles. The van der Waals surface area contributed by atoms with Crippen molar-refractivity contribution in [1.82, 2.24) is 0 Å². The summed E-state index contributed by atoms with van der Waals surface area (Å²) >= 11 is 0. The van der Waals surface area contributed by atoms with Crippen LogP contribution in [0.5, 0.6) is 0 Å². The average molecular weight is 333 g/mol. The highest BCUT2D eigenvalue weighted by Gasteiger charge is 2.09. The summed E-state index contributed by atoms with van der Waals surface area (Å²) in [4.78, 5) is -0.212. The van der Waals surface area contributed by atoms with Gasteiger partial charge >= 0.3 is 0 Å². The molecule has 0 aliphatic rings. The predicted molar refractivity (Wildman–Crippen MR) is 94.9 cm³/mol.